The average molecular weight is 368 g/mol. The zero-order valence-corrected chi connectivity index (χ0v) is 15.2. The van der Waals surface area contributed by atoms with Crippen LogP contribution in [0.2, 0.25) is 0 Å². The van der Waals surface area contributed by atoms with Crippen molar-refractivity contribution in [2.24, 2.45) is 0 Å². The first-order valence-electron chi connectivity index (χ1n) is 8.66. The second kappa shape index (κ2) is 6.41. The van der Waals surface area contributed by atoms with Crippen LogP contribution in [0.1, 0.15) is 0 Å². The summed E-state index contributed by atoms with van der Waals surface area (Å²) in [6.45, 7) is 0. The van der Waals surface area contributed by atoms with Crippen LogP contribution in [-0.2, 0) is 0 Å². The zero-order chi connectivity index (χ0) is 18.2. The van der Waals surface area contributed by atoms with Gasteiger partial charge in [-0.15, -0.1) is 0 Å². The Kier molecular flexibility index (Phi) is 3.77. The maximum Gasteiger partial charge on any atom is 0.227 e. The Morgan fingerprint density at radius 1 is 0.778 bits per heavy atom. The molecule has 3 aromatic carbocycles. The highest BCUT2D eigenvalue weighted by molar-refractivity contribution is 7.08. The Labute approximate surface area is 160 Å². The van der Waals surface area contributed by atoms with Crippen molar-refractivity contribution in [2.75, 3.05) is 5.73 Å². The van der Waals surface area contributed by atoms with Gasteiger partial charge in [0.1, 0.15) is 5.52 Å². The van der Waals surface area contributed by atoms with Crippen LogP contribution in [0, 0.1) is 0 Å². The Bertz CT molecular complexity index is 1220. The van der Waals surface area contributed by atoms with Gasteiger partial charge in [0, 0.05) is 16.8 Å². The Hall–Kier alpha value is -3.37. The molecule has 0 aliphatic carbocycles. The van der Waals surface area contributed by atoms with Gasteiger partial charge >= 0.3 is 0 Å². The van der Waals surface area contributed by atoms with Gasteiger partial charge in [0.05, 0.1) is 0 Å². The predicted octanol–water partition coefficient (Wildman–Crippen LogP) is 6.47. The second-order valence-electron chi connectivity index (χ2n) is 6.38. The SMILES string of the molecule is Nc1cc(-c2nc3cc(-c4ccccc4)ccc3o2)ccc1-c1ccsc1. The number of fused-ring (bicyclic) bond motifs is 1. The van der Waals surface area contributed by atoms with E-state index in [4.69, 9.17) is 10.2 Å². The molecule has 0 radical (unpaired) electrons. The van der Waals surface area contributed by atoms with Crippen molar-refractivity contribution in [3.05, 3.63) is 83.6 Å². The number of aromatic nitrogens is 1. The summed E-state index contributed by atoms with van der Waals surface area (Å²) >= 11 is 1.66. The molecule has 27 heavy (non-hydrogen) atoms. The highest BCUT2D eigenvalue weighted by Crippen LogP contribution is 2.33. The Balaban J connectivity index is 1.55. The van der Waals surface area contributed by atoms with Crippen molar-refractivity contribution in [1.82, 2.24) is 4.98 Å². The highest BCUT2D eigenvalue weighted by atomic mass is 32.1. The predicted molar refractivity (Wildman–Crippen MR) is 113 cm³/mol. The number of nitrogen functional groups attached to an aromatic ring is 1. The molecule has 0 saturated heterocycles. The lowest BCUT2D eigenvalue weighted by atomic mass is 10.0. The quantitative estimate of drug-likeness (QED) is 0.371. The Morgan fingerprint density at radius 3 is 2.41 bits per heavy atom. The molecule has 0 aliphatic heterocycles. The molecule has 130 valence electrons. The molecule has 0 atom stereocenters. The lowest BCUT2D eigenvalue weighted by Crippen LogP contribution is -1.90. The lowest BCUT2D eigenvalue weighted by Gasteiger charge is -2.05. The molecule has 4 heteroatoms. The molecule has 2 aromatic heterocycles. The number of thiophene rings is 1. The van der Waals surface area contributed by atoms with E-state index < -0.39 is 0 Å². The fourth-order valence-corrected chi connectivity index (χ4v) is 3.89. The minimum atomic E-state index is 0.582. The van der Waals surface area contributed by atoms with Crippen LogP contribution in [0.15, 0.2) is 88.0 Å². The number of benzene rings is 3. The van der Waals surface area contributed by atoms with E-state index in [1.54, 1.807) is 11.3 Å². The van der Waals surface area contributed by atoms with E-state index in [9.17, 15) is 0 Å². The van der Waals surface area contributed by atoms with E-state index >= 15 is 0 Å². The van der Waals surface area contributed by atoms with E-state index in [-0.39, 0.29) is 0 Å². The molecule has 2 heterocycles. The molecular weight excluding hydrogens is 352 g/mol. The highest BCUT2D eigenvalue weighted by Gasteiger charge is 2.12. The number of nitrogens with two attached hydrogens (primary N) is 1. The molecule has 0 saturated carbocycles. The summed E-state index contributed by atoms with van der Waals surface area (Å²) in [5, 5.41) is 4.14. The number of hydrogen-bond acceptors (Lipinski definition) is 4. The van der Waals surface area contributed by atoms with Crippen LogP contribution in [0.25, 0.3) is 44.8 Å². The number of rotatable bonds is 3. The van der Waals surface area contributed by atoms with Crippen LogP contribution in [0.3, 0.4) is 0 Å². The molecular formula is C23H16N2OS. The maximum atomic E-state index is 6.28. The topological polar surface area (TPSA) is 52.0 Å². The van der Waals surface area contributed by atoms with Crippen molar-refractivity contribution < 1.29 is 4.42 Å². The monoisotopic (exact) mass is 368 g/mol. The van der Waals surface area contributed by atoms with E-state index in [0.717, 1.165) is 44.6 Å². The van der Waals surface area contributed by atoms with E-state index in [2.05, 4.69) is 40.7 Å². The number of oxazole rings is 1. The van der Waals surface area contributed by atoms with Gasteiger partial charge in [0.25, 0.3) is 0 Å². The van der Waals surface area contributed by atoms with Crippen molar-refractivity contribution in [1.29, 1.82) is 0 Å². The van der Waals surface area contributed by atoms with Gasteiger partial charge in [-0.1, -0.05) is 42.5 Å². The number of nitrogens with zero attached hydrogens (tertiary/aromatic N) is 1. The number of hydrogen-bond donors (Lipinski definition) is 1. The molecule has 0 spiro atoms. The molecule has 0 amide bonds. The summed E-state index contributed by atoms with van der Waals surface area (Å²) in [4.78, 5) is 4.68. The molecule has 2 N–H and O–H groups in total. The third-order valence-corrected chi connectivity index (χ3v) is 5.31. The van der Waals surface area contributed by atoms with Gasteiger partial charge in [0.15, 0.2) is 5.58 Å². The van der Waals surface area contributed by atoms with Gasteiger partial charge in [-0.05, 0) is 57.8 Å². The molecule has 0 fully saturated rings. The van der Waals surface area contributed by atoms with E-state index in [0.29, 0.717) is 5.89 Å². The first kappa shape index (κ1) is 15.9. The summed E-state index contributed by atoms with van der Waals surface area (Å²) in [7, 11) is 0. The van der Waals surface area contributed by atoms with Crippen LogP contribution >= 0.6 is 11.3 Å². The summed E-state index contributed by atoms with van der Waals surface area (Å²) in [5.74, 6) is 0.582. The molecule has 3 nitrogen and oxygen atoms in total. The third-order valence-electron chi connectivity index (χ3n) is 4.63. The summed E-state index contributed by atoms with van der Waals surface area (Å²) in [5.41, 5.74) is 13.9. The Morgan fingerprint density at radius 2 is 1.63 bits per heavy atom. The molecule has 5 aromatic rings. The van der Waals surface area contributed by atoms with E-state index in [1.165, 1.54) is 0 Å². The van der Waals surface area contributed by atoms with Crippen molar-refractivity contribution in [3.8, 4) is 33.7 Å². The average Bonchev–Trinajstić information content (AvgIpc) is 3.38. The van der Waals surface area contributed by atoms with Crippen molar-refractivity contribution >= 4 is 28.1 Å². The lowest BCUT2D eigenvalue weighted by molar-refractivity contribution is 0.620. The van der Waals surface area contributed by atoms with Crippen LogP contribution in [-0.4, -0.2) is 4.98 Å². The molecule has 5 rings (SSSR count). The van der Waals surface area contributed by atoms with Crippen LogP contribution < -0.4 is 5.73 Å². The van der Waals surface area contributed by atoms with Crippen LogP contribution in [0.4, 0.5) is 5.69 Å². The minimum Gasteiger partial charge on any atom is -0.436 e. The molecule has 0 unspecified atom stereocenters. The minimum absolute atomic E-state index is 0.582. The fourth-order valence-electron chi connectivity index (χ4n) is 3.24. The van der Waals surface area contributed by atoms with Crippen LogP contribution in [0.5, 0.6) is 0 Å². The van der Waals surface area contributed by atoms with Gasteiger partial charge in [0.2, 0.25) is 5.89 Å². The smallest absolute Gasteiger partial charge is 0.227 e. The second-order valence-corrected chi connectivity index (χ2v) is 7.16. The largest absolute Gasteiger partial charge is 0.436 e. The van der Waals surface area contributed by atoms with E-state index in [1.807, 2.05) is 47.8 Å². The fraction of sp³-hybridized carbons (Fsp3) is 0. The zero-order valence-electron chi connectivity index (χ0n) is 14.4. The molecule has 0 aliphatic rings. The summed E-state index contributed by atoms with van der Waals surface area (Å²) in [6.07, 6.45) is 0. The third kappa shape index (κ3) is 2.90. The number of anilines is 1. The van der Waals surface area contributed by atoms with Gasteiger partial charge in [-0.2, -0.15) is 11.3 Å². The normalized spacial score (nSPS) is 11.1. The van der Waals surface area contributed by atoms with Gasteiger partial charge < -0.3 is 10.2 Å². The first-order chi connectivity index (χ1) is 13.3. The standard InChI is InChI=1S/C23H16N2OS/c24-20-12-17(6-8-19(20)18-10-11-27-14-18)23-25-21-13-16(7-9-22(21)26-23)15-4-2-1-3-5-15/h1-14H,24H2. The molecule has 0 bridgehead atoms. The van der Waals surface area contributed by atoms with Crippen molar-refractivity contribution in [3.63, 3.8) is 0 Å². The maximum absolute atomic E-state index is 6.28. The van der Waals surface area contributed by atoms with Gasteiger partial charge in [-0.25, -0.2) is 4.98 Å². The van der Waals surface area contributed by atoms with Crippen molar-refractivity contribution in [2.45, 2.75) is 0 Å². The summed E-state index contributed by atoms with van der Waals surface area (Å²) in [6, 6.07) is 24.4. The summed E-state index contributed by atoms with van der Waals surface area (Å²) < 4.78 is 5.97. The first-order valence-corrected chi connectivity index (χ1v) is 9.61. The van der Waals surface area contributed by atoms with Gasteiger partial charge in [-0.3, -0.25) is 0 Å².